The van der Waals surface area contributed by atoms with Gasteiger partial charge in [-0.3, -0.25) is 14.4 Å². The number of allylic oxidation sites excluding steroid dienone is 6. The predicted octanol–water partition coefficient (Wildman–Crippen LogP) is 16.9. The minimum absolute atomic E-state index is 0.0798. The lowest BCUT2D eigenvalue weighted by Gasteiger charge is -2.18. The number of ether oxygens (including phenoxy) is 3. The lowest BCUT2D eigenvalue weighted by molar-refractivity contribution is -0.167. The summed E-state index contributed by atoms with van der Waals surface area (Å²) in [6, 6.07) is 0. The normalized spacial score (nSPS) is 12.2. The van der Waals surface area contributed by atoms with E-state index in [1.54, 1.807) is 0 Å². The van der Waals surface area contributed by atoms with E-state index in [0.717, 1.165) is 70.6 Å². The zero-order valence-electron chi connectivity index (χ0n) is 40.0. The Morgan fingerprint density at radius 3 is 0.967 bits per heavy atom. The zero-order valence-corrected chi connectivity index (χ0v) is 40.0. The van der Waals surface area contributed by atoms with Gasteiger partial charge in [-0.25, -0.2) is 0 Å². The van der Waals surface area contributed by atoms with Crippen LogP contribution in [0.5, 0.6) is 0 Å². The van der Waals surface area contributed by atoms with Crippen LogP contribution in [0.15, 0.2) is 36.5 Å². The average Bonchev–Trinajstić information content (AvgIpc) is 3.24. The standard InChI is InChI=1S/C54H98O6/c1-4-7-10-13-16-19-22-25-27-30-32-35-38-41-44-47-53(56)59-50-51(49-58-52(55)46-43-40-37-34-31-28-24-21-18-15-12-9-6-3)60-54(57)48-45-42-39-36-33-29-26-23-20-17-14-11-8-5-2/h16,19,25,27,32,35,51H,4-15,17-18,20-24,26,28-31,33-34,36-50H2,1-3H3/b19-16-,27-25-,35-32-/t51-/m1/s1. The molecule has 0 bridgehead atoms. The Labute approximate surface area is 372 Å². The van der Waals surface area contributed by atoms with Gasteiger partial charge in [-0.1, -0.05) is 231 Å². The molecule has 0 aromatic rings. The van der Waals surface area contributed by atoms with E-state index in [1.807, 2.05) is 0 Å². The number of hydrogen-bond donors (Lipinski definition) is 0. The fourth-order valence-corrected chi connectivity index (χ4v) is 7.45. The Morgan fingerprint density at radius 2 is 0.600 bits per heavy atom. The van der Waals surface area contributed by atoms with E-state index in [2.05, 4.69) is 57.2 Å². The summed E-state index contributed by atoms with van der Waals surface area (Å²) in [6.45, 7) is 6.60. The van der Waals surface area contributed by atoms with E-state index in [-0.39, 0.29) is 31.1 Å². The Kier molecular flexibility index (Phi) is 47.3. The van der Waals surface area contributed by atoms with Gasteiger partial charge in [0.25, 0.3) is 0 Å². The maximum Gasteiger partial charge on any atom is 0.306 e. The van der Waals surface area contributed by atoms with Crippen molar-refractivity contribution >= 4 is 17.9 Å². The molecule has 0 radical (unpaired) electrons. The first kappa shape index (κ1) is 57.6. The topological polar surface area (TPSA) is 78.9 Å². The van der Waals surface area contributed by atoms with Gasteiger partial charge in [0.15, 0.2) is 6.10 Å². The van der Waals surface area contributed by atoms with Crippen LogP contribution < -0.4 is 0 Å². The van der Waals surface area contributed by atoms with Crippen molar-refractivity contribution < 1.29 is 28.6 Å². The molecular formula is C54H98O6. The highest BCUT2D eigenvalue weighted by molar-refractivity contribution is 5.71. The SMILES string of the molecule is CCCCC/C=C\C/C=C\C/C=C\CCCCC(=O)OC[C@@H](COC(=O)CCCCCCCCCCCCCCC)OC(=O)CCCCCCCCCCCCCCCC. The van der Waals surface area contributed by atoms with Gasteiger partial charge in [0.05, 0.1) is 0 Å². The van der Waals surface area contributed by atoms with Crippen LogP contribution in [-0.4, -0.2) is 37.2 Å². The minimum Gasteiger partial charge on any atom is -0.462 e. The summed E-state index contributed by atoms with van der Waals surface area (Å²) in [7, 11) is 0. The molecule has 6 nitrogen and oxygen atoms in total. The second kappa shape index (κ2) is 49.3. The van der Waals surface area contributed by atoms with Crippen molar-refractivity contribution in [2.75, 3.05) is 13.2 Å². The second-order valence-corrected chi connectivity index (χ2v) is 17.4. The third-order valence-electron chi connectivity index (χ3n) is 11.4. The van der Waals surface area contributed by atoms with Gasteiger partial charge in [-0.2, -0.15) is 0 Å². The molecular weight excluding hydrogens is 745 g/mol. The maximum absolute atomic E-state index is 12.8. The smallest absolute Gasteiger partial charge is 0.306 e. The third-order valence-corrected chi connectivity index (χ3v) is 11.4. The van der Waals surface area contributed by atoms with E-state index >= 15 is 0 Å². The van der Waals surface area contributed by atoms with Gasteiger partial charge in [0, 0.05) is 19.3 Å². The molecule has 0 aliphatic rings. The molecule has 0 spiro atoms. The molecule has 60 heavy (non-hydrogen) atoms. The molecule has 0 heterocycles. The molecule has 0 fully saturated rings. The molecule has 0 aromatic carbocycles. The summed E-state index contributed by atoms with van der Waals surface area (Å²) in [5.41, 5.74) is 0. The molecule has 0 aliphatic heterocycles. The van der Waals surface area contributed by atoms with Gasteiger partial charge in [-0.05, 0) is 57.8 Å². The Hall–Kier alpha value is -2.37. The first-order valence-corrected chi connectivity index (χ1v) is 26.0. The monoisotopic (exact) mass is 843 g/mol. The lowest BCUT2D eigenvalue weighted by Crippen LogP contribution is -2.30. The number of carbonyl (C=O) groups is 3. The number of esters is 3. The van der Waals surface area contributed by atoms with Crippen molar-refractivity contribution in [2.45, 2.75) is 277 Å². The van der Waals surface area contributed by atoms with Crippen LogP contribution in [0, 0.1) is 0 Å². The summed E-state index contributed by atoms with van der Waals surface area (Å²) in [5, 5.41) is 0. The molecule has 0 saturated heterocycles. The quantitative estimate of drug-likeness (QED) is 0.0263. The van der Waals surface area contributed by atoms with E-state index in [1.165, 1.54) is 161 Å². The van der Waals surface area contributed by atoms with Crippen LogP contribution in [0.3, 0.4) is 0 Å². The molecule has 0 rings (SSSR count). The fraction of sp³-hybridized carbons (Fsp3) is 0.833. The molecule has 1 atom stereocenters. The van der Waals surface area contributed by atoms with Crippen molar-refractivity contribution in [1.29, 1.82) is 0 Å². The summed E-state index contributed by atoms with van der Waals surface area (Å²) in [6.07, 6.45) is 56.9. The number of rotatable bonds is 47. The van der Waals surface area contributed by atoms with Crippen LogP contribution in [0.2, 0.25) is 0 Å². The first-order valence-electron chi connectivity index (χ1n) is 26.0. The summed E-state index contributed by atoms with van der Waals surface area (Å²) in [5.74, 6) is -0.908. The largest absolute Gasteiger partial charge is 0.462 e. The Morgan fingerprint density at radius 1 is 0.333 bits per heavy atom. The molecule has 6 heteroatoms. The first-order chi connectivity index (χ1) is 29.5. The van der Waals surface area contributed by atoms with E-state index < -0.39 is 6.10 Å². The highest BCUT2D eigenvalue weighted by Crippen LogP contribution is 2.16. The molecule has 0 amide bonds. The Balaban J connectivity index is 4.41. The minimum atomic E-state index is -0.781. The van der Waals surface area contributed by atoms with Crippen molar-refractivity contribution in [3.63, 3.8) is 0 Å². The highest BCUT2D eigenvalue weighted by atomic mass is 16.6. The Bertz CT molecular complexity index is 1020. The maximum atomic E-state index is 12.8. The molecule has 0 N–H and O–H groups in total. The number of hydrogen-bond acceptors (Lipinski definition) is 6. The summed E-state index contributed by atoms with van der Waals surface area (Å²) >= 11 is 0. The average molecular weight is 843 g/mol. The van der Waals surface area contributed by atoms with Gasteiger partial charge in [0.2, 0.25) is 0 Å². The van der Waals surface area contributed by atoms with Crippen molar-refractivity contribution in [3.8, 4) is 0 Å². The van der Waals surface area contributed by atoms with Gasteiger partial charge >= 0.3 is 17.9 Å². The molecule has 0 saturated carbocycles. The van der Waals surface area contributed by atoms with Crippen molar-refractivity contribution in [2.24, 2.45) is 0 Å². The van der Waals surface area contributed by atoms with Crippen LogP contribution in [-0.2, 0) is 28.6 Å². The summed E-state index contributed by atoms with van der Waals surface area (Å²) in [4.78, 5) is 37.9. The number of carbonyl (C=O) groups excluding carboxylic acids is 3. The van der Waals surface area contributed by atoms with Crippen LogP contribution >= 0.6 is 0 Å². The van der Waals surface area contributed by atoms with Crippen LogP contribution in [0.1, 0.15) is 271 Å². The third kappa shape index (κ3) is 46.7. The lowest BCUT2D eigenvalue weighted by atomic mass is 10.0. The fourth-order valence-electron chi connectivity index (χ4n) is 7.45. The predicted molar refractivity (Wildman–Crippen MR) is 256 cm³/mol. The van der Waals surface area contributed by atoms with Crippen molar-refractivity contribution in [3.05, 3.63) is 36.5 Å². The molecule has 0 unspecified atom stereocenters. The van der Waals surface area contributed by atoms with E-state index in [9.17, 15) is 14.4 Å². The van der Waals surface area contributed by atoms with Gasteiger partial charge in [0.1, 0.15) is 13.2 Å². The van der Waals surface area contributed by atoms with Gasteiger partial charge in [-0.15, -0.1) is 0 Å². The van der Waals surface area contributed by atoms with E-state index in [0.29, 0.717) is 19.3 Å². The number of unbranched alkanes of at least 4 members (excludes halogenated alkanes) is 30. The zero-order chi connectivity index (χ0) is 43.7. The van der Waals surface area contributed by atoms with Crippen molar-refractivity contribution in [1.82, 2.24) is 0 Å². The van der Waals surface area contributed by atoms with Crippen LogP contribution in [0.4, 0.5) is 0 Å². The van der Waals surface area contributed by atoms with E-state index in [4.69, 9.17) is 14.2 Å². The molecule has 0 aliphatic carbocycles. The van der Waals surface area contributed by atoms with Crippen LogP contribution in [0.25, 0.3) is 0 Å². The van der Waals surface area contributed by atoms with Gasteiger partial charge < -0.3 is 14.2 Å². The molecule has 0 aromatic heterocycles. The summed E-state index contributed by atoms with van der Waals surface area (Å²) < 4.78 is 16.8. The molecule has 350 valence electrons. The second-order valence-electron chi connectivity index (χ2n) is 17.4. The highest BCUT2D eigenvalue weighted by Gasteiger charge is 2.19.